The fourth-order valence-corrected chi connectivity index (χ4v) is 3.37. The van der Waals surface area contributed by atoms with Crippen LogP contribution in [0.3, 0.4) is 0 Å². The molecule has 0 spiro atoms. The summed E-state index contributed by atoms with van der Waals surface area (Å²) in [5.41, 5.74) is 5.51. The number of para-hydroxylation sites is 1. The molecule has 0 radical (unpaired) electrons. The zero-order valence-corrected chi connectivity index (χ0v) is 14.1. The van der Waals surface area contributed by atoms with Crippen LogP contribution in [-0.2, 0) is 13.0 Å². The van der Waals surface area contributed by atoms with Gasteiger partial charge in [-0.15, -0.1) is 12.4 Å². The largest absolute Gasteiger partial charge is 0.320 e. The summed E-state index contributed by atoms with van der Waals surface area (Å²) in [4.78, 5) is 2.40. The lowest BCUT2D eigenvalue weighted by atomic mass is 10.1. The fourth-order valence-electron chi connectivity index (χ4n) is 3.37. The molecule has 1 aliphatic heterocycles. The molecular weight excluding hydrogens is 304 g/mol. The highest BCUT2D eigenvalue weighted by molar-refractivity contribution is 5.88. The van der Waals surface area contributed by atoms with E-state index in [2.05, 4.69) is 83.4 Å². The van der Waals surface area contributed by atoms with Gasteiger partial charge in [0.15, 0.2) is 0 Å². The molecule has 1 aromatic heterocycles. The number of aromatic nitrogens is 1. The molecule has 118 valence electrons. The number of likely N-dealkylation sites (N-methyl/N-ethyl adjacent to an activating group) is 1. The predicted molar refractivity (Wildman–Crippen MR) is 101 cm³/mol. The topological polar surface area (TPSA) is 8.17 Å². The Balaban J connectivity index is 0.00000156. The monoisotopic (exact) mass is 324 g/mol. The summed E-state index contributed by atoms with van der Waals surface area (Å²) in [6, 6.07) is 19.2. The van der Waals surface area contributed by atoms with Crippen LogP contribution in [0.5, 0.6) is 0 Å². The van der Waals surface area contributed by atoms with Gasteiger partial charge in [0.25, 0.3) is 0 Å². The van der Waals surface area contributed by atoms with Crippen molar-refractivity contribution in [3.8, 4) is 0 Å². The van der Waals surface area contributed by atoms with Crippen molar-refractivity contribution in [1.82, 2.24) is 9.47 Å². The van der Waals surface area contributed by atoms with Crippen molar-refractivity contribution < 1.29 is 0 Å². The Labute approximate surface area is 143 Å². The minimum absolute atomic E-state index is 0. The van der Waals surface area contributed by atoms with Crippen LogP contribution >= 0.6 is 12.4 Å². The second-order valence-electron chi connectivity index (χ2n) is 6.03. The van der Waals surface area contributed by atoms with E-state index in [-0.39, 0.29) is 12.4 Å². The average Bonchev–Trinajstić information content (AvgIpc) is 2.87. The number of fused-ring (bicyclic) bond motifs is 3. The van der Waals surface area contributed by atoms with Crippen molar-refractivity contribution in [2.24, 2.45) is 0 Å². The molecule has 2 heterocycles. The van der Waals surface area contributed by atoms with Gasteiger partial charge in [0, 0.05) is 36.8 Å². The van der Waals surface area contributed by atoms with Crippen LogP contribution in [0.2, 0.25) is 0 Å². The van der Waals surface area contributed by atoms with Crippen molar-refractivity contribution in [2.45, 2.75) is 13.0 Å². The van der Waals surface area contributed by atoms with Gasteiger partial charge in [-0.05, 0) is 30.3 Å². The summed E-state index contributed by atoms with van der Waals surface area (Å²) in [5.74, 6) is 0. The summed E-state index contributed by atoms with van der Waals surface area (Å²) >= 11 is 0. The Kier molecular flexibility index (Phi) is 4.56. The van der Waals surface area contributed by atoms with E-state index >= 15 is 0 Å². The van der Waals surface area contributed by atoms with Crippen molar-refractivity contribution >= 4 is 35.6 Å². The molecule has 1 aliphatic rings. The molecule has 2 aromatic carbocycles. The van der Waals surface area contributed by atoms with E-state index < -0.39 is 0 Å². The highest BCUT2D eigenvalue weighted by atomic mass is 35.5. The van der Waals surface area contributed by atoms with E-state index in [1.165, 1.54) is 27.7 Å². The third-order valence-electron chi connectivity index (χ3n) is 4.50. The van der Waals surface area contributed by atoms with Crippen molar-refractivity contribution in [3.63, 3.8) is 0 Å². The number of hydrogen-bond acceptors (Lipinski definition) is 1. The second-order valence-corrected chi connectivity index (χ2v) is 6.03. The minimum Gasteiger partial charge on any atom is -0.320 e. The minimum atomic E-state index is 0. The Morgan fingerprint density at radius 1 is 0.957 bits per heavy atom. The lowest BCUT2D eigenvalue weighted by Crippen LogP contribution is -2.26. The average molecular weight is 325 g/mol. The van der Waals surface area contributed by atoms with E-state index in [0.29, 0.717) is 0 Å². The first kappa shape index (κ1) is 15.9. The molecule has 0 saturated heterocycles. The molecule has 23 heavy (non-hydrogen) atoms. The van der Waals surface area contributed by atoms with Crippen LogP contribution < -0.4 is 0 Å². The van der Waals surface area contributed by atoms with Crippen molar-refractivity contribution in [1.29, 1.82) is 0 Å². The highest BCUT2D eigenvalue weighted by Gasteiger charge is 2.20. The number of hydrogen-bond donors (Lipinski definition) is 0. The first-order valence-electron chi connectivity index (χ1n) is 7.85. The smallest absolute Gasteiger partial charge is 0.0528 e. The molecule has 0 bridgehead atoms. The molecule has 3 heteroatoms. The molecule has 0 aliphatic carbocycles. The molecule has 2 nitrogen and oxygen atoms in total. The van der Waals surface area contributed by atoms with E-state index in [9.17, 15) is 0 Å². The maximum atomic E-state index is 2.40. The van der Waals surface area contributed by atoms with Crippen molar-refractivity contribution in [2.75, 3.05) is 13.6 Å². The molecular formula is C20H21ClN2. The SMILES string of the molecule is CN1CCc2c(c3ccccc3n2/C=C/c2ccccc2)C1.Cl. The number of nitrogens with zero attached hydrogens (tertiary/aromatic N) is 2. The van der Waals surface area contributed by atoms with Gasteiger partial charge in [-0.2, -0.15) is 0 Å². The van der Waals surface area contributed by atoms with Gasteiger partial charge in [-0.3, -0.25) is 0 Å². The number of benzene rings is 2. The Hall–Kier alpha value is -2.03. The number of rotatable bonds is 2. The van der Waals surface area contributed by atoms with Crippen LogP contribution in [0.15, 0.2) is 54.6 Å². The maximum Gasteiger partial charge on any atom is 0.0528 e. The normalized spacial score (nSPS) is 14.8. The molecule has 0 fully saturated rings. The standard InChI is InChI=1S/C20H20N2.ClH/c1-21-13-12-20-18(15-21)17-9-5-6-10-19(17)22(20)14-11-16-7-3-2-4-8-16;/h2-11,14H,12-13,15H2,1H3;1H/b14-11+;. The molecule has 0 N–H and O–H groups in total. The Morgan fingerprint density at radius 3 is 2.52 bits per heavy atom. The van der Waals surface area contributed by atoms with Gasteiger partial charge in [0.1, 0.15) is 0 Å². The highest BCUT2D eigenvalue weighted by Crippen LogP contribution is 2.30. The van der Waals surface area contributed by atoms with Crippen LogP contribution in [0.1, 0.15) is 16.8 Å². The lowest BCUT2D eigenvalue weighted by Gasteiger charge is -2.23. The van der Waals surface area contributed by atoms with Gasteiger partial charge >= 0.3 is 0 Å². The van der Waals surface area contributed by atoms with Crippen LogP contribution in [0.25, 0.3) is 23.2 Å². The van der Waals surface area contributed by atoms with Gasteiger partial charge in [0.2, 0.25) is 0 Å². The van der Waals surface area contributed by atoms with Gasteiger partial charge in [0.05, 0.1) is 5.52 Å². The van der Waals surface area contributed by atoms with Crippen LogP contribution in [0, 0.1) is 0 Å². The maximum absolute atomic E-state index is 2.40. The third-order valence-corrected chi connectivity index (χ3v) is 4.50. The first-order chi connectivity index (χ1) is 10.8. The van der Waals surface area contributed by atoms with E-state index in [1.54, 1.807) is 0 Å². The summed E-state index contributed by atoms with van der Waals surface area (Å²) in [7, 11) is 2.20. The fraction of sp³-hybridized carbons (Fsp3) is 0.200. The predicted octanol–water partition coefficient (Wildman–Crippen LogP) is 4.68. The van der Waals surface area contributed by atoms with Crippen molar-refractivity contribution in [3.05, 3.63) is 71.4 Å². The molecule has 0 unspecified atom stereocenters. The molecule has 4 rings (SSSR count). The Bertz CT molecular complexity index is 833. The van der Waals surface area contributed by atoms with Crippen LogP contribution in [0.4, 0.5) is 0 Å². The summed E-state index contributed by atoms with van der Waals surface area (Å²) in [6.07, 6.45) is 5.53. The summed E-state index contributed by atoms with van der Waals surface area (Å²) < 4.78 is 2.38. The zero-order valence-electron chi connectivity index (χ0n) is 13.3. The van der Waals surface area contributed by atoms with Gasteiger partial charge in [-0.25, -0.2) is 0 Å². The van der Waals surface area contributed by atoms with Gasteiger partial charge in [-0.1, -0.05) is 48.5 Å². The summed E-state index contributed by atoms with van der Waals surface area (Å²) in [6.45, 7) is 2.17. The molecule has 0 atom stereocenters. The quantitative estimate of drug-likeness (QED) is 0.664. The Morgan fingerprint density at radius 2 is 1.70 bits per heavy atom. The second kappa shape index (κ2) is 6.61. The van der Waals surface area contributed by atoms with E-state index in [0.717, 1.165) is 19.5 Å². The van der Waals surface area contributed by atoms with E-state index in [4.69, 9.17) is 0 Å². The molecule has 3 aromatic rings. The third kappa shape index (κ3) is 2.92. The van der Waals surface area contributed by atoms with Gasteiger partial charge < -0.3 is 9.47 Å². The van der Waals surface area contributed by atoms with E-state index in [1.807, 2.05) is 0 Å². The lowest BCUT2D eigenvalue weighted by molar-refractivity contribution is 0.312. The summed E-state index contributed by atoms with van der Waals surface area (Å²) in [5, 5.41) is 1.39. The number of halogens is 1. The molecule has 0 amide bonds. The molecule has 0 saturated carbocycles. The first-order valence-corrected chi connectivity index (χ1v) is 7.85. The zero-order chi connectivity index (χ0) is 14.9. The van der Waals surface area contributed by atoms with Crippen LogP contribution in [-0.4, -0.2) is 23.1 Å².